The zero-order chi connectivity index (χ0) is 12.4. The highest BCUT2D eigenvalue weighted by Crippen LogP contribution is 2.39. The molecule has 0 amide bonds. The van der Waals surface area contributed by atoms with Crippen LogP contribution in [0, 0.1) is 17.3 Å². The molecule has 0 atom stereocenters. The van der Waals surface area contributed by atoms with Gasteiger partial charge < -0.3 is 10.0 Å². The Morgan fingerprint density at radius 1 is 0.889 bits per heavy atom. The van der Waals surface area contributed by atoms with Crippen LogP contribution in [0.2, 0.25) is 0 Å². The fourth-order valence-electron chi connectivity index (χ4n) is 3.68. The molecule has 0 aromatic carbocycles. The van der Waals surface area contributed by atoms with Crippen molar-refractivity contribution in [3.63, 3.8) is 0 Å². The number of aliphatic hydroxyl groups excluding tert-OH is 1. The van der Waals surface area contributed by atoms with Crippen LogP contribution in [0.5, 0.6) is 0 Å². The van der Waals surface area contributed by atoms with Gasteiger partial charge in [0.05, 0.1) is 0 Å². The normalized spacial score (nSPS) is 27.7. The first-order valence-electron chi connectivity index (χ1n) is 8.13. The molecule has 0 saturated heterocycles. The van der Waals surface area contributed by atoms with Gasteiger partial charge in [0.1, 0.15) is 0 Å². The number of nitrogens with zero attached hydrogens (tertiary/aromatic N) is 1. The molecule has 0 aliphatic heterocycles. The molecule has 3 saturated carbocycles. The molecular formula is C16H29NO. The second-order valence-electron chi connectivity index (χ2n) is 7.30. The lowest BCUT2D eigenvalue weighted by atomic mass is 9.74. The van der Waals surface area contributed by atoms with Crippen molar-refractivity contribution >= 4 is 0 Å². The molecule has 3 aliphatic carbocycles. The summed E-state index contributed by atoms with van der Waals surface area (Å²) in [7, 11) is 0. The Morgan fingerprint density at radius 2 is 1.44 bits per heavy atom. The Hall–Kier alpha value is -0.0800. The first kappa shape index (κ1) is 12.9. The van der Waals surface area contributed by atoms with Crippen molar-refractivity contribution in [2.75, 3.05) is 26.2 Å². The van der Waals surface area contributed by atoms with E-state index in [4.69, 9.17) is 0 Å². The smallest absolute Gasteiger partial charge is 0.0499 e. The van der Waals surface area contributed by atoms with Crippen molar-refractivity contribution in [1.82, 2.24) is 4.90 Å². The molecule has 2 heteroatoms. The predicted octanol–water partition coefficient (Wildman–Crippen LogP) is 3.05. The standard InChI is InChI=1S/C16H29NO/c18-13-16(8-2-1-3-9-16)12-17(10-14-4-5-14)11-15-6-7-15/h14-15,18H,1-13H2. The van der Waals surface area contributed by atoms with E-state index in [-0.39, 0.29) is 5.41 Å². The van der Waals surface area contributed by atoms with Crippen molar-refractivity contribution in [3.8, 4) is 0 Å². The third-order valence-electron chi connectivity index (χ3n) is 5.24. The third-order valence-corrected chi connectivity index (χ3v) is 5.24. The van der Waals surface area contributed by atoms with E-state index in [0.717, 1.165) is 11.8 Å². The van der Waals surface area contributed by atoms with Crippen molar-refractivity contribution in [1.29, 1.82) is 0 Å². The Kier molecular flexibility index (Phi) is 3.95. The van der Waals surface area contributed by atoms with Gasteiger partial charge in [0.25, 0.3) is 0 Å². The van der Waals surface area contributed by atoms with Gasteiger partial charge in [0.2, 0.25) is 0 Å². The molecular weight excluding hydrogens is 222 g/mol. The molecule has 3 rings (SSSR count). The van der Waals surface area contributed by atoms with Gasteiger partial charge in [0, 0.05) is 31.7 Å². The van der Waals surface area contributed by atoms with E-state index in [0.29, 0.717) is 6.61 Å². The summed E-state index contributed by atoms with van der Waals surface area (Å²) >= 11 is 0. The second-order valence-corrected chi connectivity index (χ2v) is 7.30. The Labute approximate surface area is 112 Å². The molecule has 104 valence electrons. The van der Waals surface area contributed by atoms with Gasteiger partial charge in [0.15, 0.2) is 0 Å². The van der Waals surface area contributed by atoms with E-state index in [1.165, 1.54) is 77.4 Å². The minimum Gasteiger partial charge on any atom is -0.396 e. The molecule has 18 heavy (non-hydrogen) atoms. The fourth-order valence-corrected chi connectivity index (χ4v) is 3.68. The van der Waals surface area contributed by atoms with Gasteiger partial charge in [-0.3, -0.25) is 0 Å². The summed E-state index contributed by atoms with van der Waals surface area (Å²) in [5, 5.41) is 9.86. The lowest BCUT2D eigenvalue weighted by Gasteiger charge is -2.40. The lowest BCUT2D eigenvalue weighted by Crippen LogP contribution is -2.43. The van der Waals surface area contributed by atoms with Crippen LogP contribution < -0.4 is 0 Å². The number of rotatable bonds is 7. The van der Waals surface area contributed by atoms with Crippen LogP contribution in [0.15, 0.2) is 0 Å². The molecule has 0 aromatic heterocycles. The van der Waals surface area contributed by atoms with Crippen LogP contribution in [-0.2, 0) is 0 Å². The quantitative estimate of drug-likeness (QED) is 0.752. The van der Waals surface area contributed by atoms with E-state index >= 15 is 0 Å². The lowest BCUT2D eigenvalue weighted by molar-refractivity contribution is 0.0372. The van der Waals surface area contributed by atoms with Gasteiger partial charge in [-0.2, -0.15) is 0 Å². The van der Waals surface area contributed by atoms with Crippen LogP contribution in [0.4, 0.5) is 0 Å². The molecule has 0 bridgehead atoms. The number of hydrogen-bond donors (Lipinski definition) is 1. The molecule has 0 unspecified atom stereocenters. The predicted molar refractivity (Wildman–Crippen MR) is 74.5 cm³/mol. The van der Waals surface area contributed by atoms with Gasteiger partial charge in [-0.1, -0.05) is 19.3 Å². The maximum absolute atomic E-state index is 9.86. The summed E-state index contributed by atoms with van der Waals surface area (Å²) in [5.41, 5.74) is 0.252. The monoisotopic (exact) mass is 251 g/mol. The maximum Gasteiger partial charge on any atom is 0.0499 e. The minimum atomic E-state index is 0.252. The largest absolute Gasteiger partial charge is 0.396 e. The summed E-state index contributed by atoms with van der Waals surface area (Å²) in [6.45, 7) is 4.23. The summed E-state index contributed by atoms with van der Waals surface area (Å²) in [6.07, 6.45) is 12.4. The summed E-state index contributed by atoms with van der Waals surface area (Å²) < 4.78 is 0. The molecule has 0 aromatic rings. The highest BCUT2D eigenvalue weighted by atomic mass is 16.3. The van der Waals surface area contributed by atoms with Crippen LogP contribution >= 0.6 is 0 Å². The molecule has 3 aliphatic rings. The summed E-state index contributed by atoms with van der Waals surface area (Å²) in [6, 6.07) is 0. The Bertz CT molecular complexity index is 250. The average molecular weight is 251 g/mol. The average Bonchev–Trinajstić information content (AvgIpc) is 3.27. The van der Waals surface area contributed by atoms with Gasteiger partial charge in [-0.25, -0.2) is 0 Å². The van der Waals surface area contributed by atoms with Gasteiger partial charge >= 0.3 is 0 Å². The molecule has 1 N–H and O–H groups in total. The third kappa shape index (κ3) is 3.48. The highest BCUT2D eigenvalue weighted by molar-refractivity contribution is 4.89. The Morgan fingerprint density at radius 3 is 1.89 bits per heavy atom. The van der Waals surface area contributed by atoms with E-state index in [1.54, 1.807) is 0 Å². The number of hydrogen-bond acceptors (Lipinski definition) is 2. The SMILES string of the molecule is OCC1(CN(CC2CC2)CC2CC2)CCCCC1. The minimum absolute atomic E-state index is 0.252. The van der Waals surface area contributed by atoms with E-state index in [1.807, 2.05) is 0 Å². The summed E-state index contributed by atoms with van der Waals surface area (Å²) in [4.78, 5) is 2.72. The van der Waals surface area contributed by atoms with Crippen molar-refractivity contribution in [2.24, 2.45) is 17.3 Å². The maximum atomic E-state index is 9.86. The van der Waals surface area contributed by atoms with E-state index in [2.05, 4.69) is 4.90 Å². The Balaban J connectivity index is 1.57. The molecule has 3 fully saturated rings. The van der Waals surface area contributed by atoms with Crippen LogP contribution in [-0.4, -0.2) is 36.2 Å². The van der Waals surface area contributed by atoms with E-state index in [9.17, 15) is 5.11 Å². The van der Waals surface area contributed by atoms with Crippen LogP contribution in [0.3, 0.4) is 0 Å². The zero-order valence-corrected chi connectivity index (χ0v) is 11.7. The van der Waals surface area contributed by atoms with Crippen LogP contribution in [0.25, 0.3) is 0 Å². The molecule has 2 nitrogen and oxygen atoms in total. The first-order valence-corrected chi connectivity index (χ1v) is 8.13. The topological polar surface area (TPSA) is 23.5 Å². The van der Waals surface area contributed by atoms with Crippen molar-refractivity contribution in [3.05, 3.63) is 0 Å². The highest BCUT2D eigenvalue weighted by Gasteiger charge is 2.36. The molecule has 0 radical (unpaired) electrons. The second kappa shape index (κ2) is 5.50. The van der Waals surface area contributed by atoms with E-state index < -0.39 is 0 Å². The molecule has 0 spiro atoms. The van der Waals surface area contributed by atoms with Gasteiger partial charge in [-0.15, -0.1) is 0 Å². The van der Waals surface area contributed by atoms with Crippen molar-refractivity contribution in [2.45, 2.75) is 57.8 Å². The fraction of sp³-hybridized carbons (Fsp3) is 1.00. The van der Waals surface area contributed by atoms with Crippen molar-refractivity contribution < 1.29 is 5.11 Å². The summed E-state index contributed by atoms with van der Waals surface area (Å²) in [5.74, 6) is 1.98. The zero-order valence-electron chi connectivity index (χ0n) is 11.7. The molecule has 0 heterocycles. The number of aliphatic hydroxyl groups is 1. The van der Waals surface area contributed by atoms with Crippen LogP contribution in [0.1, 0.15) is 57.8 Å². The first-order chi connectivity index (χ1) is 8.80. The van der Waals surface area contributed by atoms with Gasteiger partial charge in [-0.05, 0) is 50.4 Å².